The average Bonchev–Trinajstić information content (AvgIpc) is 3.00. The van der Waals surface area contributed by atoms with Crippen LogP contribution >= 0.6 is 11.3 Å². The van der Waals surface area contributed by atoms with Crippen LogP contribution < -0.4 is 10.2 Å². The van der Waals surface area contributed by atoms with Crippen LogP contribution in [-0.4, -0.2) is 30.1 Å². The number of anilines is 1. The number of nitrogens with zero attached hydrogens (tertiary/aromatic N) is 2. The lowest BCUT2D eigenvalue weighted by Gasteiger charge is -2.10. The number of hydrogen-bond acceptors (Lipinski definition) is 7. The Balaban J connectivity index is 2.01. The molecule has 0 aliphatic rings. The zero-order valence-corrected chi connectivity index (χ0v) is 14.5. The Morgan fingerprint density at radius 1 is 1.33 bits per heavy atom. The van der Waals surface area contributed by atoms with E-state index >= 15 is 0 Å². The Labute approximate surface area is 153 Å². The number of hydrazone groups is 1. The van der Waals surface area contributed by atoms with E-state index in [1.165, 1.54) is 0 Å². The number of hydrogen-bond donors (Lipinski definition) is 1. The third kappa shape index (κ3) is 6.16. The molecule has 1 aromatic heterocycles. The van der Waals surface area contributed by atoms with Crippen molar-refractivity contribution in [3.05, 3.63) is 40.4 Å². The second kappa shape index (κ2) is 8.75. The van der Waals surface area contributed by atoms with E-state index in [9.17, 15) is 26.7 Å². The van der Waals surface area contributed by atoms with E-state index in [1.54, 1.807) is 12.3 Å². The Morgan fingerprint density at radius 3 is 2.74 bits per heavy atom. The van der Waals surface area contributed by atoms with E-state index in [4.69, 9.17) is 4.74 Å². The van der Waals surface area contributed by atoms with Gasteiger partial charge in [-0.1, -0.05) is 0 Å². The summed E-state index contributed by atoms with van der Waals surface area (Å²) in [5, 5.41) is 5.48. The quantitative estimate of drug-likeness (QED) is 0.325. The number of ether oxygens (including phenoxy) is 2. The molecule has 0 aliphatic heterocycles. The van der Waals surface area contributed by atoms with Crippen LogP contribution in [0.5, 0.6) is 5.75 Å². The minimum Gasteiger partial charge on any atom is -0.466 e. The summed E-state index contributed by atoms with van der Waals surface area (Å²) >= 11 is 1.10. The summed E-state index contributed by atoms with van der Waals surface area (Å²) in [6.07, 6.45) is -4.31. The van der Waals surface area contributed by atoms with Crippen LogP contribution in [0, 0.1) is 11.6 Å². The van der Waals surface area contributed by atoms with E-state index < -0.39 is 35.3 Å². The molecule has 0 radical (unpaired) electrons. The number of rotatable bonds is 7. The second-order valence-corrected chi connectivity index (χ2v) is 5.68. The average molecular weight is 409 g/mol. The van der Waals surface area contributed by atoms with E-state index in [-0.39, 0.29) is 18.2 Å². The Kier molecular flexibility index (Phi) is 6.66. The van der Waals surface area contributed by atoms with Crippen molar-refractivity contribution in [3.8, 4) is 5.75 Å². The first-order valence-corrected chi connectivity index (χ1v) is 8.20. The monoisotopic (exact) mass is 409 g/mol. The SMILES string of the molecule is CCOC(=O)Cc1csc(NN=Cc2ccc(OC(F)(F)F)c(F)c2F)n1. The Bertz CT molecular complexity index is 839. The topological polar surface area (TPSA) is 72.8 Å². The molecule has 0 amide bonds. The molecule has 12 heteroatoms. The number of aromatic nitrogens is 1. The van der Waals surface area contributed by atoms with Crippen LogP contribution in [0.2, 0.25) is 0 Å². The molecule has 0 aliphatic carbocycles. The standard InChI is InChI=1S/C15H12F5N3O3S/c1-2-25-11(24)5-9-7-27-14(22-9)23-21-6-8-3-4-10(13(17)12(8)16)26-15(18,19)20/h3-4,6-7H,2,5H2,1H3,(H,22,23). The lowest BCUT2D eigenvalue weighted by Crippen LogP contribution is -2.18. The molecule has 0 saturated heterocycles. The molecule has 1 heterocycles. The summed E-state index contributed by atoms with van der Waals surface area (Å²) in [6.45, 7) is 1.91. The summed E-state index contributed by atoms with van der Waals surface area (Å²) in [6, 6.07) is 1.51. The highest BCUT2D eigenvalue weighted by Crippen LogP contribution is 2.28. The second-order valence-electron chi connectivity index (χ2n) is 4.82. The highest BCUT2D eigenvalue weighted by atomic mass is 32.1. The van der Waals surface area contributed by atoms with Crippen molar-refractivity contribution in [2.45, 2.75) is 19.7 Å². The number of carbonyl (C=O) groups excluding carboxylic acids is 1. The van der Waals surface area contributed by atoms with Gasteiger partial charge in [-0.15, -0.1) is 24.5 Å². The summed E-state index contributed by atoms with van der Waals surface area (Å²) in [5.74, 6) is -5.07. The zero-order chi connectivity index (χ0) is 20.0. The van der Waals surface area contributed by atoms with Crippen LogP contribution in [0.4, 0.5) is 27.1 Å². The van der Waals surface area contributed by atoms with Gasteiger partial charge in [0.1, 0.15) is 0 Å². The van der Waals surface area contributed by atoms with Gasteiger partial charge >= 0.3 is 12.3 Å². The van der Waals surface area contributed by atoms with E-state index in [2.05, 4.69) is 20.2 Å². The smallest absolute Gasteiger partial charge is 0.466 e. The third-order valence-corrected chi connectivity index (χ3v) is 3.64. The van der Waals surface area contributed by atoms with Gasteiger partial charge in [0.2, 0.25) is 10.9 Å². The number of benzene rings is 1. The van der Waals surface area contributed by atoms with Crippen LogP contribution in [0.25, 0.3) is 0 Å². The molecular weight excluding hydrogens is 397 g/mol. The molecule has 0 atom stereocenters. The molecule has 1 N–H and O–H groups in total. The maximum atomic E-state index is 13.8. The first-order valence-electron chi connectivity index (χ1n) is 7.32. The van der Waals surface area contributed by atoms with Gasteiger partial charge in [-0.2, -0.15) is 9.49 Å². The summed E-state index contributed by atoms with van der Waals surface area (Å²) in [5.41, 5.74) is 2.47. The minimum absolute atomic E-state index is 0.0315. The largest absolute Gasteiger partial charge is 0.573 e. The minimum atomic E-state index is -5.14. The van der Waals surface area contributed by atoms with Gasteiger partial charge in [0.25, 0.3) is 0 Å². The molecule has 146 valence electrons. The highest BCUT2D eigenvalue weighted by Gasteiger charge is 2.33. The fourth-order valence-electron chi connectivity index (χ4n) is 1.81. The van der Waals surface area contributed by atoms with Gasteiger partial charge in [-0.25, -0.2) is 9.37 Å². The van der Waals surface area contributed by atoms with E-state index in [0.29, 0.717) is 11.8 Å². The van der Waals surface area contributed by atoms with E-state index in [1.807, 2.05) is 0 Å². The van der Waals surface area contributed by atoms with Gasteiger partial charge in [0.05, 0.1) is 24.9 Å². The summed E-state index contributed by atoms with van der Waals surface area (Å²) < 4.78 is 71.8. The van der Waals surface area contributed by atoms with Crippen LogP contribution in [0.3, 0.4) is 0 Å². The van der Waals surface area contributed by atoms with Crippen molar-refractivity contribution in [2.75, 3.05) is 12.0 Å². The van der Waals surface area contributed by atoms with Crippen molar-refractivity contribution >= 4 is 28.7 Å². The van der Waals surface area contributed by atoms with Gasteiger partial charge < -0.3 is 9.47 Å². The maximum absolute atomic E-state index is 13.8. The molecule has 0 saturated carbocycles. The molecular formula is C15H12F5N3O3S. The summed E-state index contributed by atoms with van der Waals surface area (Å²) in [7, 11) is 0. The molecule has 6 nitrogen and oxygen atoms in total. The number of alkyl halides is 3. The molecule has 1 aromatic carbocycles. The van der Waals surface area contributed by atoms with Crippen LogP contribution in [0.15, 0.2) is 22.6 Å². The number of halogens is 5. The fraction of sp³-hybridized carbons (Fsp3) is 0.267. The number of carbonyl (C=O) groups is 1. The third-order valence-electron chi connectivity index (χ3n) is 2.85. The first-order chi connectivity index (χ1) is 12.7. The Morgan fingerprint density at radius 2 is 2.07 bits per heavy atom. The number of thiazole rings is 1. The molecule has 27 heavy (non-hydrogen) atoms. The van der Waals surface area contributed by atoms with E-state index in [0.717, 1.165) is 23.6 Å². The van der Waals surface area contributed by atoms with Gasteiger partial charge in [0, 0.05) is 10.9 Å². The number of nitrogens with one attached hydrogen (secondary N) is 1. The molecule has 2 rings (SSSR count). The maximum Gasteiger partial charge on any atom is 0.573 e. The van der Waals surface area contributed by atoms with Crippen LogP contribution in [-0.2, 0) is 16.0 Å². The van der Waals surface area contributed by atoms with Crippen molar-refractivity contribution in [1.82, 2.24) is 4.98 Å². The van der Waals surface area contributed by atoms with Crippen LogP contribution in [0.1, 0.15) is 18.2 Å². The Hall–Kier alpha value is -2.76. The van der Waals surface area contributed by atoms with Crippen molar-refractivity contribution in [3.63, 3.8) is 0 Å². The fourth-order valence-corrected chi connectivity index (χ4v) is 2.47. The molecule has 0 fully saturated rings. The molecule has 0 bridgehead atoms. The highest BCUT2D eigenvalue weighted by molar-refractivity contribution is 7.13. The zero-order valence-electron chi connectivity index (χ0n) is 13.6. The van der Waals surface area contributed by atoms with Gasteiger partial charge in [-0.05, 0) is 19.1 Å². The van der Waals surface area contributed by atoms with Crippen molar-refractivity contribution in [1.29, 1.82) is 0 Å². The van der Waals surface area contributed by atoms with Gasteiger partial charge in [0.15, 0.2) is 11.6 Å². The lowest BCUT2D eigenvalue weighted by atomic mass is 10.2. The van der Waals surface area contributed by atoms with Gasteiger partial charge in [-0.3, -0.25) is 10.2 Å². The van der Waals surface area contributed by atoms with Crippen molar-refractivity contribution in [2.24, 2.45) is 5.10 Å². The molecule has 2 aromatic rings. The predicted octanol–water partition coefficient (Wildman–Crippen LogP) is 3.87. The normalized spacial score (nSPS) is 11.6. The first kappa shape index (κ1) is 20.6. The predicted molar refractivity (Wildman–Crippen MR) is 86.7 cm³/mol. The number of esters is 1. The van der Waals surface area contributed by atoms with Crippen molar-refractivity contribution < 1.29 is 36.2 Å². The molecule has 0 unspecified atom stereocenters. The molecule has 0 spiro atoms. The lowest BCUT2D eigenvalue weighted by molar-refractivity contribution is -0.275. The summed E-state index contributed by atoms with van der Waals surface area (Å²) in [4.78, 5) is 15.4.